The predicted octanol–water partition coefficient (Wildman–Crippen LogP) is 3.06. The molecule has 0 bridgehead atoms. The second kappa shape index (κ2) is 7.53. The standard InChI is InChI=1S/C17H24BrN3O2/c1-2-21-8-3-4-13(11-21)19-17(22)20-15-7-9-23-16-6-5-12(18)10-14(15)16/h5-6,10,13,15H,2-4,7-9,11H2,1H3,(H2,19,20,22)/t13-,15+/m1/s1. The lowest BCUT2D eigenvalue weighted by molar-refractivity contribution is 0.188. The van der Waals surface area contributed by atoms with Gasteiger partial charge in [-0.05, 0) is 44.1 Å². The molecule has 2 aliphatic heterocycles. The fraction of sp³-hybridized carbons (Fsp3) is 0.588. The third-order valence-electron chi connectivity index (χ3n) is 4.60. The number of nitrogens with one attached hydrogen (secondary N) is 2. The Balaban J connectivity index is 1.59. The topological polar surface area (TPSA) is 53.6 Å². The molecule has 2 amide bonds. The zero-order chi connectivity index (χ0) is 16.2. The number of urea groups is 1. The fourth-order valence-corrected chi connectivity index (χ4v) is 3.74. The molecule has 3 rings (SSSR count). The van der Waals surface area contributed by atoms with Crippen molar-refractivity contribution in [3.8, 4) is 5.75 Å². The molecule has 0 spiro atoms. The highest BCUT2D eigenvalue weighted by Crippen LogP contribution is 2.34. The molecule has 0 aromatic heterocycles. The molecule has 1 saturated heterocycles. The van der Waals surface area contributed by atoms with Gasteiger partial charge in [-0.2, -0.15) is 0 Å². The number of hydrogen-bond acceptors (Lipinski definition) is 3. The van der Waals surface area contributed by atoms with E-state index >= 15 is 0 Å². The molecule has 0 aliphatic carbocycles. The van der Waals surface area contributed by atoms with Crippen LogP contribution in [0.1, 0.15) is 37.8 Å². The molecule has 1 aromatic rings. The molecular formula is C17H24BrN3O2. The predicted molar refractivity (Wildman–Crippen MR) is 93.8 cm³/mol. The van der Waals surface area contributed by atoms with Crippen LogP contribution in [0, 0.1) is 0 Å². The van der Waals surface area contributed by atoms with E-state index in [0.29, 0.717) is 6.61 Å². The summed E-state index contributed by atoms with van der Waals surface area (Å²) in [6.45, 7) is 5.92. The van der Waals surface area contributed by atoms with E-state index in [0.717, 1.165) is 54.7 Å². The summed E-state index contributed by atoms with van der Waals surface area (Å²) in [7, 11) is 0. The number of likely N-dealkylation sites (tertiary alicyclic amines) is 1. The van der Waals surface area contributed by atoms with Crippen LogP contribution in [0.25, 0.3) is 0 Å². The lowest BCUT2D eigenvalue weighted by Gasteiger charge is -2.33. The van der Waals surface area contributed by atoms with Crippen LogP contribution in [0.4, 0.5) is 4.79 Å². The van der Waals surface area contributed by atoms with Gasteiger partial charge in [-0.15, -0.1) is 0 Å². The number of hydrogen-bond donors (Lipinski definition) is 2. The van der Waals surface area contributed by atoms with Gasteiger partial charge >= 0.3 is 6.03 Å². The molecule has 2 heterocycles. The minimum atomic E-state index is -0.0780. The van der Waals surface area contributed by atoms with E-state index in [4.69, 9.17) is 4.74 Å². The Hall–Kier alpha value is -1.27. The summed E-state index contributed by atoms with van der Waals surface area (Å²) in [6.07, 6.45) is 2.99. The number of halogens is 1. The Bertz CT molecular complexity index is 567. The molecule has 23 heavy (non-hydrogen) atoms. The molecule has 126 valence electrons. The van der Waals surface area contributed by atoms with Gasteiger partial charge in [0.2, 0.25) is 0 Å². The highest BCUT2D eigenvalue weighted by Gasteiger charge is 2.25. The molecule has 2 aliphatic rings. The van der Waals surface area contributed by atoms with Crippen molar-refractivity contribution in [1.82, 2.24) is 15.5 Å². The highest BCUT2D eigenvalue weighted by molar-refractivity contribution is 9.10. The summed E-state index contributed by atoms with van der Waals surface area (Å²) in [4.78, 5) is 14.8. The van der Waals surface area contributed by atoms with E-state index < -0.39 is 0 Å². The maximum Gasteiger partial charge on any atom is 0.315 e. The molecule has 2 atom stereocenters. The molecule has 2 N–H and O–H groups in total. The average molecular weight is 382 g/mol. The summed E-state index contributed by atoms with van der Waals surface area (Å²) in [5, 5.41) is 6.24. The second-order valence-corrected chi connectivity index (χ2v) is 7.14. The van der Waals surface area contributed by atoms with Crippen molar-refractivity contribution in [2.75, 3.05) is 26.2 Å². The van der Waals surface area contributed by atoms with Gasteiger partial charge in [0.25, 0.3) is 0 Å². The van der Waals surface area contributed by atoms with Crippen LogP contribution < -0.4 is 15.4 Å². The molecule has 0 saturated carbocycles. The van der Waals surface area contributed by atoms with Crippen molar-refractivity contribution in [2.24, 2.45) is 0 Å². The number of rotatable bonds is 3. The zero-order valence-electron chi connectivity index (χ0n) is 13.5. The maximum absolute atomic E-state index is 12.4. The summed E-state index contributed by atoms with van der Waals surface area (Å²) < 4.78 is 6.67. The van der Waals surface area contributed by atoms with Crippen molar-refractivity contribution in [2.45, 2.75) is 38.3 Å². The van der Waals surface area contributed by atoms with E-state index in [2.05, 4.69) is 38.4 Å². The van der Waals surface area contributed by atoms with Crippen LogP contribution in [-0.2, 0) is 0 Å². The van der Waals surface area contributed by atoms with Crippen LogP contribution in [0.3, 0.4) is 0 Å². The van der Waals surface area contributed by atoms with Crippen molar-refractivity contribution in [3.05, 3.63) is 28.2 Å². The first kappa shape index (κ1) is 16.6. The minimum absolute atomic E-state index is 0.00196. The van der Waals surface area contributed by atoms with Gasteiger partial charge in [-0.25, -0.2) is 4.79 Å². The van der Waals surface area contributed by atoms with Gasteiger partial charge in [-0.1, -0.05) is 22.9 Å². The van der Waals surface area contributed by atoms with Crippen LogP contribution in [0.2, 0.25) is 0 Å². The normalized spacial score (nSPS) is 24.4. The van der Waals surface area contributed by atoms with Crippen molar-refractivity contribution >= 4 is 22.0 Å². The molecule has 5 nitrogen and oxygen atoms in total. The smallest absolute Gasteiger partial charge is 0.315 e. The van der Waals surface area contributed by atoms with Gasteiger partial charge in [-0.3, -0.25) is 0 Å². The number of carbonyl (C=O) groups is 1. The number of likely N-dealkylation sites (N-methyl/N-ethyl adjacent to an activating group) is 1. The number of fused-ring (bicyclic) bond motifs is 1. The fourth-order valence-electron chi connectivity index (χ4n) is 3.36. The summed E-state index contributed by atoms with van der Waals surface area (Å²) in [6, 6.07) is 6.10. The Kier molecular flexibility index (Phi) is 5.43. The van der Waals surface area contributed by atoms with E-state index in [9.17, 15) is 4.79 Å². The number of nitrogens with zero attached hydrogens (tertiary/aromatic N) is 1. The van der Waals surface area contributed by atoms with Gasteiger partial charge < -0.3 is 20.3 Å². The van der Waals surface area contributed by atoms with Crippen molar-refractivity contribution < 1.29 is 9.53 Å². The number of amides is 2. The first-order valence-electron chi connectivity index (χ1n) is 8.37. The second-order valence-electron chi connectivity index (χ2n) is 6.22. The molecule has 1 aromatic carbocycles. The Morgan fingerprint density at radius 3 is 3.09 bits per heavy atom. The van der Waals surface area contributed by atoms with Gasteiger partial charge in [0, 0.05) is 29.0 Å². The average Bonchev–Trinajstić information content (AvgIpc) is 2.55. The van der Waals surface area contributed by atoms with E-state index in [1.165, 1.54) is 0 Å². The van der Waals surface area contributed by atoms with E-state index in [-0.39, 0.29) is 18.1 Å². The van der Waals surface area contributed by atoms with Crippen LogP contribution in [-0.4, -0.2) is 43.2 Å². The maximum atomic E-state index is 12.4. The molecule has 0 unspecified atom stereocenters. The lowest BCUT2D eigenvalue weighted by Crippen LogP contribution is -2.51. The van der Waals surface area contributed by atoms with Gasteiger partial charge in [0.15, 0.2) is 0 Å². The summed E-state index contributed by atoms with van der Waals surface area (Å²) in [5.74, 6) is 0.861. The lowest BCUT2D eigenvalue weighted by atomic mass is 10.0. The number of benzene rings is 1. The number of piperidine rings is 1. The first-order valence-corrected chi connectivity index (χ1v) is 9.16. The monoisotopic (exact) mass is 381 g/mol. The van der Waals surface area contributed by atoms with Gasteiger partial charge in [0.05, 0.1) is 12.6 Å². The van der Waals surface area contributed by atoms with Crippen LogP contribution in [0.15, 0.2) is 22.7 Å². The highest BCUT2D eigenvalue weighted by atomic mass is 79.9. The Morgan fingerprint density at radius 2 is 2.26 bits per heavy atom. The van der Waals surface area contributed by atoms with E-state index in [1.54, 1.807) is 0 Å². The Labute approximate surface area is 145 Å². The first-order chi connectivity index (χ1) is 11.2. The summed E-state index contributed by atoms with van der Waals surface area (Å²) >= 11 is 3.49. The number of carbonyl (C=O) groups excluding carboxylic acids is 1. The largest absolute Gasteiger partial charge is 0.493 e. The van der Waals surface area contributed by atoms with Crippen LogP contribution in [0.5, 0.6) is 5.75 Å². The Morgan fingerprint density at radius 1 is 1.39 bits per heavy atom. The van der Waals surface area contributed by atoms with Crippen molar-refractivity contribution in [3.63, 3.8) is 0 Å². The third-order valence-corrected chi connectivity index (χ3v) is 5.10. The molecule has 1 fully saturated rings. The summed E-state index contributed by atoms with van der Waals surface area (Å²) in [5.41, 5.74) is 1.04. The molecule has 6 heteroatoms. The SMILES string of the molecule is CCN1CCC[C@@H](NC(=O)N[C@H]2CCOc3ccc(Br)cc32)C1. The molecular weight excluding hydrogens is 358 g/mol. The van der Waals surface area contributed by atoms with E-state index in [1.807, 2.05) is 18.2 Å². The van der Waals surface area contributed by atoms with Gasteiger partial charge in [0.1, 0.15) is 5.75 Å². The number of ether oxygens (including phenoxy) is 1. The third kappa shape index (κ3) is 4.18. The minimum Gasteiger partial charge on any atom is -0.493 e. The quantitative estimate of drug-likeness (QED) is 0.845. The van der Waals surface area contributed by atoms with Crippen LogP contribution >= 0.6 is 15.9 Å². The zero-order valence-corrected chi connectivity index (χ0v) is 15.1. The van der Waals surface area contributed by atoms with Crippen molar-refractivity contribution in [1.29, 1.82) is 0 Å². The molecule has 0 radical (unpaired) electrons.